The summed E-state index contributed by atoms with van der Waals surface area (Å²) in [6, 6.07) is 0. The lowest BCUT2D eigenvalue weighted by Gasteiger charge is -2.30. The molecule has 2 saturated carbocycles. The van der Waals surface area contributed by atoms with E-state index in [1.165, 1.54) is 25.7 Å². The molecule has 0 aliphatic heterocycles. The van der Waals surface area contributed by atoms with Crippen molar-refractivity contribution in [2.45, 2.75) is 38.5 Å². The molecule has 11 heavy (non-hydrogen) atoms. The van der Waals surface area contributed by atoms with Crippen molar-refractivity contribution in [3.8, 4) is 0 Å². The first-order valence-electron chi connectivity index (χ1n) is 5.07. The Kier molecular flexibility index (Phi) is 1.09. The Morgan fingerprint density at radius 1 is 1.09 bits per heavy atom. The minimum Gasteiger partial charge on any atom is -0.0851 e. The van der Waals surface area contributed by atoms with E-state index in [0.717, 1.165) is 17.3 Å². The van der Waals surface area contributed by atoms with Gasteiger partial charge in [-0.25, -0.2) is 0 Å². The molecule has 1 spiro atoms. The number of hydrogen-bond acceptors (Lipinski definition) is 0. The first kappa shape index (κ1) is 6.28. The van der Waals surface area contributed by atoms with Crippen LogP contribution in [0.3, 0.4) is 0 Å². The van der Waals surface area contributed by atoms with Crippen LogP contribution in [0.1, 0.15) is 38.5 Å². The Morgan fingerprint density at radius 2 is 1.91 bits per heavy atom. The van der Waals surface area contributed by atoms with Gasteiger partial charge in [0.25, 0.3) is 0 Å². The summed E-state index contributed by atoms with van der Waals surface area (Å²) in [5, 5.41) is 0. The van der Waals surface area contributed by atoms with Gasteiger partial charge in [-0.05, 0) is 42.9 Å². The molecule has 2 atom stereocenters. The van der Waals surface area contributed by atoms with Crippen LogP contribution in [0.25, 0.3) is 0 Å². The minimum atomic E-state index is 0.819. The van der Waals surface area contributed by atoms with Crippen LogP contribution in [0.4, 0.5) is 0 Å². The third kappa shape index (κ3) is 0.706. The number of hydrogen-bond donors (Lipinski definition) is 0. The number of rotatable bonds is 0. The zero-order valence-corrected chi connectivity index (χ0v) is 7.05. The van der Waals surface area contributed by atoms with Crippen LogP contribution < -0.4 is 0 Å². The maximum absolute atomic E-state index is 2.51. The van der Waals surface area contributed by atoms with Gasteiger partial charge in [0, 0.05) is 0 Å². The van der Waals surface area contributed by atoms with Gasteiger partial charge in [0.15, 0.2) is 0 Å². The van der Waals surface area contributed by atoms with Crippen LogP contribution in [0.5, 0.6) is 0 Å². The fourth-order valence-corrected chi connectivity index (χ4v) is 3.71. The maximum atomic E-state index is 2.51. The van der Waals surface area contributed by atoms with E-state index >= 15 is 0 Å². The van der Waals surface area contributed by atoms with E-state index in [1.54, 1.807) is 12.8 Å². The average Bonchev–Trinajstić information content (AvgIpc) is 2.64. The minimum absolute atomic E-state index is 0.819. The highest BCUT2D eigenvalue weighted by atomic mass is 14.5. The highest BCUT2D eigenvalue weighted by Gasteiger charge is 2.48. The van der Waals surface area contributed by atoms with E-state index in [-0.39, 0.29) is 0 Å². The molecule has 0 radical (unpaired) electrons. The third-order valence-corrected chi connectivity index (χ3v) is 4.23. The molecule has 3 aliphatic carbocycles. The molecule has 2 bridgehead atoms. The predicted octanol–water partition coefficient (Wildman–Crippen LogP) is 3.14. The summed E-state index contributed by atoms with van der Waals surface area (Å²) in [6.45, 7) is 0. The molecule has 3 aliphatic rings. The molecule has 0 aromatic heterocycles. The first-order chi connectivity index (χ1) is 5.39. The normalized spacial score (nSPS) is 44.4. The SMILES string of the molecule is C1=CC2CC1CC21CCCC1. The van der Waals surface area contributed by atoms with Crippen molar-refractivity contribution in [1.82, 2.24) is 0 Å². The van der Waals surface area contributed by atoms with Gasteiger partial charge in [0.05, 0.1) is 0 Å². The average molecular weight is 148 g/mol. The molecule has 0 aromatic rings. The second kappa shape index (κ2) is 1.91. The van der Waals surface area contributed by atoms with Crippen molar-refractivity contribution in [1.29, 1.82) is 0 Å². The van der Waals surface area contributed by atoms with Crippen LogP contribution in [0.2, 0.25) is 0 Å². The van der Waals surface area contributed by atoms with Crippen molar-refractivity contribution in [3.05, 3.63) is 12.2 Å². The molecular weight excluding hydrogens is 132 g/mol. The second-order valence-corrected chi connectivity index (χ2v) is 4.76. The Balaban J connectivity index is 1.94. The smallest absolute Gasteiger partial charge is 0.0171 e. The van der Waals surface area contributed by atoms with E-state index in [4.69, 9.17) is 0 Å². The van der Waals surface area contributed by atoms with Crippen molar-refractivity contribution in [2.24, 2.45) is 17.3 Å². The summed E-state index contributed by atoms with van der Waals surface area (Å²) in [5.41, 5.74) is 0.819. The van der Waals surface area contributed by atoms with Crippen molar-refractivity contribution in [3.63, 3.8) is 0 Å². The predicted molar refractivity (Wildman–Crippen MR) is 46.3 cm³/mol. The molecular formula is C11H16. The van der Waals surface area contributed by atoms with E-state index in [9.17, 15) is 0 Å². The highest BCUT2D eigenvalue weighted by Crippen LogP contribution is 2.59. The fraction of sp³-hybridized carbons (Fsp3) is 0.818. The molecule has 2 unspecified atom stereocenters. The Morgan fingerprint density at radius 3 is 2.45 bits per heavy atom. The molecule has 0 aromatic carbocycles. The monoisotopic (exact) mass is 148 g/mol. The van der Waals surface area contributed by atoms with Gasteiger partial charge in [-0.3, -0.25) is 0 Å². The molecule has 0 amide bonds. The van der Waals surface area contributed by atoms with E-state index in [0.29, 0.717) is 0 Å². The van der Waals surface area contributed by atoms with Crippen LogP contribution >= 0.6 is 0 Å². The lowest BCUT2D eigenvalue weighted by molar-refractivity contribution is 0.238. The third-order valence-electron chi connectivity index (χ3n) is 4.23. The van der Waals surface area contributed by atoms with Gasteiger partial charge in [-0.15, -0.1) is 0 Å². The molecule has 0 heteroatoms. The molecule has 60 valence electrons. The summed E-state index contributed by atoms with van der Waals surface area (Å²) in [7, 11) is 0. The number of fused-ring (bicyclic) bond motifs is 3. The zero-order valence-electron chi connectivity index (χ0n) is 7.05. The lowest BCUT2D eigenvalue weighted by atomic mass is 9.74. The molecule has 0 saturated heterocycles. The molecule has 0 nitrogen and oxygen atoms in total. The second-order valence-electron chi connectivity index (χ2n) is 4.76. The van der Waals surface area contributed by atoms with Gasteiger partial charge in [-0.2, -0.15) is 0 Å². The van der Waals surface area contributed by atoms with Gasteiger partial charge >= 0.3 is 0 Å². The quantitative estimate of drug-likeness (QED) is 0.463. The van der Waals surface area contributed by atoms with Gasteiger partial charge in [0.2, 0.25) is 0 Å². The largest absolute Gasteiger partial charge is 0.0851 e. The molecule has 2 fully saturated rings. The first-order valence-corrected chi connectivity index (χ1v) is 5.07. The van der Waals surface area contributed by atoms with Crippen LogP contribution in [-0.2, 0) is 0 Å². The highest BCUT2D eigenvalue weighted by molar-refractivity contribution is 5.16. The Hall–Kier alpha value is -0.260. The summed E-state index contributed by atoms with van der Waals surface area (Å²) in [6.07, 6.45) is 14.1. The number of allylic oxidation sites excluding steroid dienone is 2. The summed E-state index contributed by atoms with van der Waals surface area (Å²) < 4.78 is 0. The van der Waals surface area contributed by atoms with Crippen molar-refractivity contribution in [2.75, 3.05) is 0 Å². The Labute approximate surface area is 68.7 Å². The maximum Gasteiger partial charge on any atom is -0.0171 e. The molecule has 0 heterocycles. The van der Waals surface area contributed by atoms with Crippen molar-refractivity contribution >= 4 is 0 Å². The summed E-state index contributed by atoms with van der Waals surface area (Å²) in [5.74, 6) is 1.98. The molecule has 0 N–H and O–H groups in total. The lowest BCUT2D eigenvalue weighted by Crippen LogP contribution is -2.21. The molecule has 3 rings (SSSR count). The van der Waals surface area contributed by atoms with Crippen LogP contribution in [0, 0.1) is 17.3 Å². The standard InChI is InChI=1S/C11H16/c1-2-6-11(5-1)8-9-3-4-10(11)7-9/h3-4,9-10H,1-2,5-8H2. The fourth-order valence-electron chi connectivity index (χ4n) is 3.71. The van der Waals surface area contributed by atoms with E-state index in [1.807, 2.05) is 0 Å². The van der Waals surface area contributed by atoms with E-state index in [2.05, 4.69) is 12.2 Å². The topological polar surface area (TPSA) is 0 Å². The van der Waals surface area contributed by atoms with Gasteiger partial charge < -0.3 is 0 Å². The van der Waals surface area contributed by atoms with Crippen LogP contribution in [0.15, 0.2) is 12.2 Å². The Bertz CT molecular complexity index is 196. The van der Waals surface area contributed by atoms with E-state index < -0.39 is 0 Å². The van der Waals surface area contributed by atoms with Crippen molar-refractivity contribution < 1.29 is 0 Å². The van der Waals surface area contributed by atoms with Crippen LogP contribution in [-0.4, -0.2) is 0 Å². The van der Waals surface area contributed by atoms with Gasteiger partial charge in [-0.1, -0.05) is 25.0 Å². The van der Waals surface area contributed by atoms with Gasteiger partial charge in [0.1, 0.15) is 0 Å². The summed E-state index contributed by atoms with van der Waals surface area (Å²) in [4.78, 5) is 0. The zero-order chi connectivity index (χ0) is 7.31. The summed E-state index contributed by atoms with van der Waals surface area (Å²) >= 11 is 0.